The minimum Gasteiger partial charge on any atom is -0.494 e. The molecule has 0 aliphatic heterocycles. The van der Waals surface area contributed by atoms with Crippen molar-refractivity contribution >= 4 is 45.0 Å². The zero-order valence-electron chi connectivity index (χ0n) is 17.3. The maximum absolute atomic E-state index is 13.3. The number of carbonyl (C=O) groups is 1. The number of nitrogens with zero attached hydrogens (tertiary/aromatic N) is 3. The number of likely N-dealkylation sites (N-methyl/N-ethyl adjacent to an activating group) is 1. The summed E-state index contributed by atoms with van der Waals surface area (Å²) < 4.78 is 6.46. The standard InChI is InChI=1S/C22H27N3O2S.ClH/c1-5-24(6-2)14-15-25(21(26)17-12-10-16(3)11-13-17)22-23-20-18(27-4)8-7-9-19(20)28-22;/h7-13H,5-6,14-15H2,1-4H3;1H. The second-order valence-electron chi connectivity index (χ2n) is 6.65. The Morgan fingerprint density at radius 1 is 1.07 bits per heavy atom. The molecule has 2 aromatic carbocycles. The van der Waals surface area contributed by atoms with Crippen molar-refractivity contribution in [2.75, 3.05) is 38.2 Å². The van der Waals surface area contributed by atoms with Crippen molar-refractivity contribution in [1.82, 2.24) is 9.88 Å². The Bertz CT molecular complexity index is 939. The third-order valence-electron chi connectivity index (χ3n) is 4.90. The Hall–Kier alpha value is -2.15. The van der Waals surface area contributed by atoms with Crippen molar-refractivity contribution in [3.63, 3.8) is 0 Å². The molecule has 0 aliphatic rings. The zero-order valence-corrected chi connectivity index (χ0v) is 19.0. The van der Waals surface area contributed by atoms with Crippen LogP contribution in [-0.4, -0.2) is 49.1 Å². The molecule has 0 bridgehead atoms. The van der Waals surface area contributed by atoms with Gasteiger partial charge in [-0.3, -0.25) is 9.69 Å². The zero-order chi connectivity index (χ0) is 20.1. The van der Waals surface area contributed by atoms with Gasteiger partial charge in [-0.05, 0) is 44.3 Å². The minimum absolute atomic E-state index is 0. The summed E-state index contributed by atoms with van der Waals surface area (Å²) in [5.74, 6) is 0.705. The number of para-hydroxylation sites is 1. The van der Waals surface area contributed by atoms with E-state index in [9.17, 15) is 4.79 Å². The van der Waals surface area contributed by atoms with Gasteiger partial charge in [-0.15, -0.1) is 12.4 Å². The molecule has 1 heterocycles. The number of fused-ring (bicyclic) bond motifs is 1. The number of aryl methyl sites for hydroxylation is 1. The van der Waals surface area contributed by atoms with Crippen LogP contribution in [0.25, 0.3) is 10.2 Å². The second-order valence-corrected chi connectivity index (χ2v) is 7.66. The Labute approximate surface area is 182 Å². The molecular weight excluding hydrogens is 406 g/mol. The minimum atomic E-state index is -0.0230. The number of hydrogen-bond donors (Lipinski definition) is 0. The van der Waals surface area contributed by atoms with Gasteiger partial charge in [-0.2, -0.15) is 0 Å². The molecule has 3 aromatic rings. The lowest BCUT2D eigenvalue weighted by molar-refractivity contribution is 0.0984. The molecule has 0 saturated carbocycles. The maximum Gasteiger partial charge on any atom is 0.260 e. The van der Waals surface area contributed by atoms with Crippen molar-refractivity contribution in [2.45, 2.75) is 20.8 Å². The third-order valence-corrected chi connectivity index (χ3v) is 5.94. The molecule has 5 nitrogen and oxygen atoms in total. The van der Waals surface area contributed by atoms with Crippen LogP contribution in [0.2, 0.25) is 0 Å². The van der Waals surface area contributed by atoms with Crippen LogP contribution in [0.3, 0.4) is 0 Å². The summed E-state index contributed by atoms with van der Waals surface area (Å²) in [4.78, 5) is 22.2. The lowest BCUT2D eigenvalue weighted by atomic mass is 10.1. The fourth-order valence-electron chi connectivity index (χ4n) is 3.11. The predicted octanol–water partition coefficient (Wildman–Crippen LogP) is 5.02. The first-order valence-corrected chi connectivity index (χ1v) is 10.4. The molecule has 0 N–H and O–H groups in total. The summed E-state index contributed by atoms with van der Waals surface area (Å²) in [6.45, 7) is 9.60. The first-order chi connectivity index (χ1) is 13.6. The summed E-state index contributed by atoms with van der Waals surface area (Å²) >= 11 is 1.52. The van der Waals surface area contributed by atoms with Gasteiger partial charge in [0.1, 0.15) is 11.3 Å². The number of rotatable bonds is 8. The van der Waals surface area contributed by atoms with Crippen LogP contribution in [0.1, 0.15) is 29.8 Å². The molecule has 1 amide bonds. The monoisotopic (exact) mass is 433 g/mol. The SMILES string of the molecule is CCN(CC)CCN(C(=O)c1ccc(C)cc1)c1nc2c(OC)cccc2s1.Cl. The molecule has 0 unspecified atom stereocenters. The van der Waals surface area contributed by atoms with E-state index in [0.29, 0.717) is 17.2 Å². The molecule has 3 rings (SSSR count). The van der Waals surface area contributed by atoms with E-state index in [-0.39, 0.29) is 18.3 Å². The number of halogens is 1. The van der Waals surface area contributed by atoms with Crippen LogP contribution >= 0.6 is 23.7 Å². The van der Waals surface area contributed by atoms with Crippen LogP contribution in [-0.2, 0) is 0 Å². The van der Waals surface area contributed by atoms with Gasteiger partial charge in [-0.25, -0.2) is 4.98 Å². The number of aromatic nitrogens is 1. The number of amides is 1. The van der Waals surface area contributed by atoms with E-state index >= 15 is 0 Å². The average Bonchev–Trinajstić information content (AvgIpc) is 3.15. The number of thiazole rings is 1. The molecule has 0 fully saturated rings. The lowest BCUT2D eigenvalue weighted by Gasteiger charge is -2.24. The number of methoxy groups -OCH3 is 1. The van der Waals surface area contributed by atoms with Gasteiger partial charge in [0, 0.05) is 18.7 Å². The van der Waals surface area contributed by atoms with E-state index < -0.39 is 0 Å². The highest BCUT2D eigenvalue weighted by Gasteiger charge is 2.22. The van der Waals surface area contributed by atoms with Crippen molar-refractivity contribution in [2.24, 2.45) is 0 Å². The lowest BCUT2D eigenvalue weighted by Crippen LogP contribution is -2.38. The van der Waals surface area contributed by atoms with Gasteiger partial charge in [0.2, 0.25) is 0 Å². The van der Waals surface area contributed by atoms with Crippen LogP contribution in [0.15, 0.2) is 42.5 Å². The Balaban J connectivity index is 0.00000300. The van der Waals surface area contributed by atoms with E-state index in [0.717, 1.165) is 41.2 Å². The van der Waals surface area contributed by atoms with E-state index in [2.05, 4.69) is 18.7 Å². The van der Waals surface area contributed by atoms with Gasteiger partial charge in [0.05, 0.1) is 11.8 Å². The number of benzene rings is 2. The third kappa shape index (κ3) is 5.26. The molecule has 0 atom stereocenters. The first kappa shape index (κ1) is 23.1. The fourth-order valence-corrected chi connectivity index (χ4v) is 4.12. The summed E-state index contributed by atoms with van der Waals surface area (Å²) in [5, 5.41) is 0.706. The molecule has 1 aromatic heterocycles. The number of carbonyl (C=O) groups excluding carboxylic acids is 1. The van der Waals surface area contributed by atoms with Gasteiger partial charge >= 0.3 is 0 Å². The maximum atomic E-state index is 13.3. The molecule has 29 heavy (non-hydrogen) atoms. The van der Waals surface area contributed by atoms with Crippen molar-refractivity contribution in [1.29, 1.82) is 0 Å². The highest BCUT2D eigenvalue weighted by molar-refractivity contribution is 7.22. The molecule has 0 aliphatic carbocycles. The smallest absolute Gasteiger partial charge is 0.260 e. The highest BCUT2D eigenvalue weighted by atomic mass is 35.5. The van der Waals surface area contributed by atoms with Crippen LogP contribution in [0.5, 0.6) is 5.75 Å². The topological polar surface area (TPSA) is 45.7 Å². The number of hydrogen-bond acceptors (Lipinski definition) is 5. The van der Waals surface area contributed by atoms with Crippen molar-refractivity contribution in [3.8, 4) is 5.75 Å². The number of anilines is 1. The first-order valence-electron chi connectivity index (χ1n) is 9.61. The van der Waals surface area contributed by atoms with Gasteiger partial charge in [-0.1, -0.05) is 48.9 Å². The molecule has 0 saturated heterocycles. The van der Waals surface area contributed by atoms with E-state index in [4.69, 9.17) is 9.72 Å². The molecule has 0 spiro atoms. The highest BCUT2D eigenvalue weighted by Crippen LogP contribution is 2.34. The molecule has 156 valence electrons. The predicted molar refractivity (Wildman–Crippen MR) is 124 cm³/mol. The summed E-state index contributed by atoms with van der Waals surface area (Å²) in [6, 6.07) is 13.6. The quantitative estimate of drug-likeness (QED) is 0.500. The van der Waals surface area contributed by atoms with E-state index in [1.807, 2.05) is 49.4 Å². The molecular formula is C22H28ClN3O2S. The van der Waals surface area contributed by atoms with Crippen molar-refractivity contribution < 1.29 is 9.53 Å². The van der Waals surface area contributed by atoms with Gasteiger partial charge < -0.3 is 9.64 Å². The summed E-state index contributed by atoms with van der Waals surface area (Å²) in [5.41, 5.74) is 2.61. The Morgan fingerprint density at radius 2 is 1.76 bits per heavy atom. The fraction of sp³-hybridized carbons (Fsp3) is 0.364. The normalized spacial score (nSPS) is 10.8. The van der Waals surface area contributed by atoms with Gasteiger partial charge in [0.25, 0.3) is 5.91 Å². The molecule has 0 radical (unpaired) electrons. The van der Waals surface area contributed by atoms with Crippen LogP contribution in [0, 0.1) is 6.92 Å². The second kappa shape index (κ2) is 10.6. The van der Waals surface area contributed by atoms with Crippen LogP contribution in [0.4, 0.5) is 5.13 Å². The molecule has 7 heteroatoms. The van der Waals surface area contributed by atoms with E-state index in [1.165, 1.54) is 11.3 Å². The van der Waals surface area contributed by atoms with Gasteiger partial charge in [0.15, 0.2) is 5.13 Å². The summed E-state index contributed by atoms with van der Waals surface area (Å²) in [6.07, 6.45) is 0. The number of ether oxygens (including phenoxy) is 1. The Kier molecular flexibility index (Phi) is 8.44. The average molecular weight is 434 g/mol. The van der Waals surface area contributed by atoms with Crippen LogP contribution < -0.4 is 9.64 Å². The summed E-state index contributed by atoms with van der Waals surface area (Å²) in [7, 11) is 1.64. The van der Waals surface area contributed by atoms with E-state index in [1.54, 1.807) is 12.0 Å². The largest absolute Gasteiger partial charge is 0.494 e. The Morgan fingerprint density at radius 3 is 2.38 bits per heavy atom. The van der Waals surface area contributed by atoms with Crippen molar-refractivity contribution in [3.05, 3.63) is 53.6 Å².